The largest absolute Gasteiger partial charge is 0.488 e. The van der Waals surface area contributed by atoms with Gasteiger partial charge >= 0.3 is 0 Å². The first-order chi connectivity index (χ1) is 13.1. The van der Waals surface area contributed by atoms with Gasteiger partial charge in [-0.3, -0.25) is 0 Å². The van der Waals surface area contributed by atoms with Crippen LogP contribution in [-0.4, -0.2) is 11.7 Å². The van der Waals surface area contributed by atoms with Crippen LogP contribution in [0, 0.1) is 5.82 Å². The Bertz CT molecular complexity index is 879. The van der Waals surface area contributed by atoms with Gasteiger partial charge in [0.15, 0.2) is 0 Å². The summed E-state index contributed by atoms with van der Waals surface area (Å²) >= 11 is 3.47. The van der Waals surface area contributed by atoms with Crippen molar-refractivity contribution < 1.29 is 14.2 Å². The Morgan fingerprint density at radius 2 is 1.68 bits per heavy atom. The second-order valence-electron chi connectivity index (χ2n) is 6.19. The van der Waals surface area contributed by atoms with E-state index >= 15 is 0 Å². The number of benzene rings is 3. The number of nitrogens with one attached hydrogen (secondary N) is 1. The highest BCUT2D eigenvalue weighted by molar-refractivity contribution is 9.10. The summed E-state index contributed by atoms with van der Waals surface area (Å²) < 4.78 is 20.6. The van der Waals surface area contributed by atoms with Gasteiger partial charge in [-0.05, 0) is 29.8 Å². The van der Waals surface area contributed by atoms with Crippen LogP contribution in [0.15, 0.2) is 77.3 Å². The van der Waals surface area contributed by atoms with Crippen LogP contribution in [-0.2, 0) is 13.2 Å². The molecule has 148 valence electrons. The quantitative estimate of drug-likeness (QED) is 0.466. The average Bonchev–Trinajstić information content (AvgIpc) is 2.69. The van der Waals surface area contributed by atoms with Gasteiger partial charge in [0.1, 0.15) is 18.2 Å². The van der Waals surface area contributed by atoms with Gasteiger partial charge in [0.05, 0.1) is 6.10 Å². The number of halogens is 3. The van der Waals surface area contributed by atoms with Crippen molar-refractivity contribution in [2.45, 2.75) is 19.3 Å². The highest BCUT2D eigenvalue weighted by Crippen LogP contribution is 2.25. The Labute approximate surface area is 179 Å². The second kappa shape index (κ2) is 11.2. The van der Waals surface area contributed by atoms with Crippen molar-refractivity contribution in [2.24, 2.45) is 0 Å². The molecule has 0 aliphatic heterocycles. The smallest absolute Gasteiger partial charge is 0.129 e. The van der Waals surface area contributed by atoms with Gasteiger partial charge in [0.2, 0.25) is 0 Å². The molecule has 0 saturated heterocycles. The highest BCUT2D eigenvalue weighted by Gasteiger charge is 2.10. The van der Waals surface area contributed by atoms with Crippen molar-refractivity contribution >= 4 is 28.3 Å². The zero-order valence-corrected chi connectivity index (χ0v) is 17.5. The van der Waals surface area contributed by atoms with E-state index in [9.17, 15) is 9.50 Å². The van der Waals surface area contributed by atoms with Crippen LogP contribution < -0.4 is 10.1 Å². The summed E-state index contributed by atoms with van der Waals surface area (Å²) in [5.41, 5.74) is 2.31. The van der Waals surface area contributed by atoms with Crippen LogP contribution >= 0.6 is 28.3 Å². The maximum Gasteiger partial charge on any atom is 0.129 e. The SMILES string of the molecule is Cl.OC(CNCc1cc(Br)ccc1OCc1ccccc1F)c1ccccc1. The minimum Gasteiger partial charge on any atom is -0.488 e. The fourth-order valence-corrected chi connectivity index (χ4v) is 3.14. The Kier molecular flexibility index (Phi) is 8.93. The lowest BCUT2D eigenvalue weighted by molar-refractivity contribution is 0.174. The Hall–Kier alpha value is -1.92. The van der Waals surface area contributed by atoms with Gasteiger partial charge in [-0.2, -0.15) is 0 Å². The molecule has 0 aliphatic rings. The van der Waals surface area contributed by atoms with Gasteiger partial charge in [-0.1, -0.05) is 64.5 Å². The normalized spacial score (nSPS) is 11.5. The van der Waals surface area contributed by atoms with Gasteiger partial charge in [0, 0.05) is 28.7 Å². The summed E-state index contributed by atoms with van der Waals surface area (Å²) in [6.45, 7) is 1.10. The van der Waals surface area contributed by atoms with E-state index in [0.717, 1.165) is 15.6 Å². The number of hydrogen-bond donors (Lipinski definition) is 2. The molecule has 3 rings (SSSR count). The van der Waals surface area contributed by atoms with Crippen molar-refractivity contribution in [3.05, 3.63) is 99.8 Å². The molecular weight excluding hydrogens is 445 g/mol. The van der Waals surface area contributed by atoms with Gasteiger partial charge in [0.25, 0.3) is 0 Å². The van der Waals surface area contributed by atoms with Crippen LogP contribution in [0.5, 0.6) is 5.75 Å². The maximum atomic E-state index is 13.8. The first kappa shape index (κ1) is 22.4. The first-order valence-electron chi connectivity index (χ1n) is 8.72. The summed E-state index contributed by atoms with van der Waals surface area (Å²) in [6, 6.07) is 21.8. The molecule has 0 spiro atoms. The monoisotopic (exact) mass is 465 g/mol. The van der Waals surface area contributed by atoms with Crippen molar-refractivity contribution in [3.63, 3.8) is 0 Å². The van der Waals surface area contributed by atoms with E-state index in [1.165, 1.54) is 6.07 Å². The van der Waals surface area contributed by atoms with Crippen molar-refractivity contribution in [1.29, 1.82) is 0 Å². The number of hydrogen-bond acceptors (Lipinski definition) is 3. The Morgan fingerprint density at radius 1 is 0.964 bits per heavy atom. The van der Waals surface area contributed by atoms with E-state index in [1.54, 1.807) is 18.2 Å². The predicted molar refractivity (Wildman–Crippen MR) is 115 cm³/mol. The fraction of sp³-hybridized carbons (Fsp3) is 0.182. The van der Waals surface area contributed by atoms with Crippen molar-refractivity contribution in [2.75, 3.05) is 6.54 Å². The van der Waals surface area contributed by atoms with Gasteiger partial charge in [-0.25, -0.2) is 4.39 Å². The predicted octanol–water partition coefficient (Wildman–Crippen LogP) is 5.41. The number of aliphatic hydroxyl groups excluding tert-OH is 1. The molecule has 3 aromatic carbocycles. The molecule has 2 N–H and O–H groups in total. The van der Waals surface area contributed by atoms with Crippen LogP contribution in [0.25, 0.3) is 0 Å². The third kappa shape index (κ3) is 6.31. The molecule has 3 nitrogen and oxygen atoms in total. The number of aliphatic hydroxyl groups is 1. The third-order valence-corrected chi connectivity index (χ3v) is 4.69. The van der Waals surface area contributed by atoms with E-state index in [2.05, 4.69) is 21.2 Å². The lowest BCUT2D eigenvalue weighted by Crippen LogP contribution is -2.21. The molecule has 0 fully saturated rings. The minimum atomic E-state index is -0.582. The summed E-state index contributed by atoms with van der Waals surface area (Å²) in [7, 11) is 0. The van der Waals surface area contributed by atoms with Gasteiger partial charge < -0.3 is 15.2 Å². The molecule has 0 radical (unpaired) electrons. The summed E-state index contributed by atoms with van der Waals surface area (Å²) in [5.74, 6) is 0.406. The molecule has 0 bridgehead atoms. The third-order valence-electron chi connectivity index (χ3n) is 4.20. The molecule has 6 heteroatoms. The molecule has 0 amide bonds. The van der Waals surface area contributed by atoms with Crippen molar-refractivity contribution in [1.82, 2.24) is 5.32 Å². The van der Waals surface area contributed by atoms with E-state index in [1.807, 2.05) is 48.5 Å². The van der Waals surface area contributed by atoms with Gasteiger partial charge in [-0.15, -0.1) is 12.4 Å². The molecule has 0 aliphatic carbocycles. The standard InChI is InChI=1S/C22H21BrFNO2.ClH/c23-19-10-11-22(27-15-17-8-4-5-9-20(17)24)18(12-19)13-25-14-21(26)16-6-2-1-3-7-16;/h1-12,21,25-26H,13-15H2;1H. The molecule has 28 heavy (non-hydrogen) atoms. The fourth-order valence-electron chi connectivity index (χ4n) is 2.73. The molecule has 0 aromatic heterocycles. The molecule has 3 aromatic rings. The highest BCUT2D eigenvalue weighted by atomic mass is 79.9. The summed E-state index contributed by atoms with van der Waals surface area (Å²) in [6.07, 6.45) is -0.582. The number of ether oxygens (including phenoxy) is 1. The summed E-state index contributed by atoms with van der Waals surface area (Å²) in [5, 5.41) is 13.5. The zero-order valence-electron chi connectivity index (χ0n) is 15.1. The maximum absolute atomic E-state index is 13.8. The minimum absolute atomic E-state index is 0. The zero-order chi connectivity index (χ0) is 19.1. The van der Waals surface area contributed by atoms with Crippen molar-refractivity contribution in [3.8, 4) is 5.75 Å². The molecular formula is C22H22BrClFNO2. The Balaban J connectivity index is 0.00000280. The second-order valence-corrected chi connectivity index (χ2v) is 7.11. The van der Waals surface area contributed by atoms with E-state index < -0.39 is 6.10 Å². The molecule has 0 heterocycles. The lowest BCUT2D eigenvalue weighted by atomic mass is 10.1. The lowest BCUT2D eigenvalue weighted by Gasteiger charge is -2.15. The van der Waals surface area contributed by atoms with E-state index in [4.69, 9.17) is 4.74 Å². The summed E-state index contributed by atoms with van der Waals surface area (Å²) in [4.78, 5) is 0. The van der Waals surface area contributed by atoms with E-state index in [-0.39, 0.29) is 24.8 Å². The Morgan fingerprint density at radius 3 is 2.43 bits per heavy atom. The molecule has 1 atom stereocenters. The molecule has 1 unspecified atom stereocenters. The van der Waals surface area contributed by atoms with Crippen LogP contribution in [0.2, 0.25) is 0 Å². The first-order valence-corrected chi connectivity index (χ1v) is 9.51. The van der Waals surface area contributed by atoms with Crippen LogP contribution in [0.4, 0.5) is 4.39 Å². The molecule has 0 saturated carbocycles. The average molecular weight is 467 g/mol. The number of rotatable bonds is 8. The van der Waals surface area contributed by atoms with Crippen LogP contribution in [0.1, 0.15) is 22.8 Å². The van der Waals surface area contributed by atoms with Crippen LogP contribution in [0.3, 0.4) is 0 Å². The van der Waals surface area contributed by atoms with E-state index in [0.29, 0.717) is 24.4 Å². The topological polar surface area (TPSA) is 41.5 Å².